The first-order valence-corrected chi connectivity index (χ1v) is 11.9. The van der Waals surface area contributed by atoms with E-state index in [0.29, 0.717) is 5.69 Å². The minimum absolute atomic E-state index is 0.109. The van der Waals surface area contributed by atoms with E-state index in [1.54, 1.807) is 30.3 Å². The van der Waals surface area contributed by atoms with E-state index in [-0.39, 0.29) is 23.0 Å². The van der Waals surface area contributed by atoms with Crippen molar-refractivity contribution in [2.45, 2.75) is 24.2 Å². The summed E-state index contributed by atoms with van der Waals surface area (Å²) in [6, 6.07) is 19.3. The second-order valence-corrected chi connectivity index (χ2v) is 9.59. The summed E-state index contributed by atoms with van der Waals surface area (Å²) >= 11 is 0. The highest BCUT2D eigenvalue weighted by Crippen LogP contribution is 2.22. The fraction of sp³-hybridized carbons (Fsp3) is 0.261. The summed E-state index contributed by atoms with van der Waals surface area (Å²) in [7, 11) is -3.48. The number of hydrogen-bond acceptors (Lipinski definition) is 6. The van der Waals surface area contributed by atoms with Gasteiger partial charge in [0.15, 0.2) is 15.7 Å². The number of nitrogens with one attached hydrogen (secondary N) is 1. The van der Waals surface area contributed by atoms with Crippen molar-refractivity contribution in [2.24, 2.45) is 0 Å². The molecule has 160 valence electrons. The summed E-state index contributed by atoms with van der Waals surface area (Å²) in [5.41, 5.74) is 2.26. The molecule has 3 aromatic rings. The second-order valence-electron chi connectivity index (χ2n) is 7.48. The Bertz CT molecular complexity index is 1130. The number of amides is 1. The Morgan fingerprint density at radius 1 is 0.903 bits per heavy atom. The molecule has 0 saturated carbocycles. The maximum atomic E-state index is 12.3. The van der Waals surface area contributed by atoms with Gasteiger partial charge in [0.1, 0.15) is 0 Å². The first kappa shape index (κ1) is 21.0. The van der Waals surface area contributed by atoms with Gasteiger partial charge in [-0.15, -0.1) is 10.2 Å². The zero-order valence-electron chi connectivity index (χ0n) is 17.1. The normalized spacial score (nSPS) is 13.9. The van der Waals surface area contributed by atoms with Gasteiger partial charge in [0.25, 0.3) is 0 Å². The molecule has 7 nitrogen and oxygen atoms in total. The molecule has 0 atom stereocenters. The SMILES string of the molecule is O=C(CCS(=O)(=O)c1ccccc1)Nc1ccc(-c2ccc(N3CCCC3)nn2)cc1. The van der Waals surface area contributed by atoms with Gasteiger partial charge in [-0.25, -0.2) is 8.42 Å². The van der Waals surface area contributed by atoms with Crippen LogP contribution in [0.1, 0.15) is 19.3 Å². The average molecular weight is 437 g/mol. The summed E-state index contributed by atoms with van der Waals surface area (Å²) in [4.78, 5) is 14.7. The average Bonchev–Trinajstić information content (AvgIpc) is 3.34. The quantitative estimate of drug-likeness (QED) is 0.609. The molecular formula is C23H24N4O3S. The minimum Gasteiger partial charge on any atom is -0.355 e. The predicted octanol–water partition coefficient (Wildman–Crippen LogP) is 3.55. The zero-order valence-corrected chi connectivity index (χ0v) is 17.9. The molecule has 0 bridgehead atoms. The van der Waals surface area contributed by atoms with Gasteiger partial charge in [-0.1, -0.05) is 30.3 Å². The van der Waals surface area contributed by atoms with Gasteiger partial charge in [-0.3, -0.25) is 4.79 Å². The molecule has 0 spiro atoms. The number of carbonyl (C=O) groups excluding carboxylic acids is 1. The molecule has 1 aromatic heterocycles. The van der Waals surface area contributed by atoms with Crippen molar-refractivity contribution in [2.75, 3.05) is 29.1 Å². The molecule has 1 N–H and O–H groups in total. The molecule has 1 aliphatic heterocycles. The molecule has 1 saturated heterocycles. The fourth-order valence-electron chi connectivity index (χ4n) is 3.51. The molecular weight excluding hydrogens is 412 g/mol. The zero-order chi connectivity index (χ0) is 21.7. The lowest BCUT2D eigenvalue weighted by atomic mass is 10.1. The second kappa shape index (κ2) is 9.26. The van der Waals surface area contributed by atoms with Crippen LogP contribution in [0.25, 0.3) is 11.3 Å². The molecule has 0 radical (unpaired) electrons. The van der Waals surface area contributed by atoms with E-state index >= 15 is 0 Å². The van der Waals surface area contributed by atoms with Gasteiger partial charge >= 0.3 is 0 Å². The van der Waals surface area contributed by atoms with Crippen molar-refractivity contribution in [1.82, 2.24) is 10.2 Å². The lowest BCUT2D eigenvalue weighted by Crippen LogP contribution is -2.19. The minimum atomic E-state index is -3.48. The van der Waals surface area contributed by atoms with Crippen LogP contribution < -0.4 is 10.2 Å². The van der Waals surface area contributed by atoms with Crippen molar-refractivity contribution in [3.05, 3.63) is 66.7 Å². The van der Waals surface area contributed by atoms with Crippen LogP contribution in [-0.2, 0) is 14.6 Å². The van der Waals surface area contributed by atoms with Gasteiger partial charge < -0.3 is 10.2 Å². The van der Waals surface area contributed by atoms with E-state index in [4.69, 9.17) is 0 Å². The first-order valence-electron chi connectivity index (χ1n) is 10.3. The summed E-state index contributed by atoms with van der Waals surface area (Å²) in [5.74, 6) is 0.317. The Hall–Kier alpha value is -3.26. The van der Waals surface area contributed by atoms with Crippen molar-refractivity contribution < 1.29 is 13.2 Å². The lowest BCUT2D eigenvalue weighted by Gasteiger charge is -2.15. The van der Waals surface area contributed by atoms with Crippen molar-refractivity contribution >= 4 is 27.2 Å². The van der Waals surface area contributed by atoms with Crippen molar-refractivity contribution in [3.8, 4) is 11.3 Å². The maximum Gasteiger partial charge on any atom is 0.225 e. The maximum absolute atomic E-state index is 12.3. The first-order chi connectivity index (χ1) is 15.0. The molecule has 2 heterocycles. The van der Waals surface area contributed by atoms with Gasteiger partial charge in [0.2, 0.25) is 5.91 Å². The highest BCUT2D eigenvalue weighted by atomic mass is 32.2. The smallest absolute Gasteiger partial charge is 0.225 e. The molecule has 1 amide bonds. The number of rotatable bonds is 7. The number of hydrogen-bond donors (Lipinski definition) is 1. The van der Waals surface area contributed by atoms with E-state index < -0.39 is 9.84 Å². The molecule has 1 aliphatic rings. The molecule has 1 fully saturated rings. The van der Waals surface area contributed by atoms with Gasteiger partial charge in [0.05, 0.1) is 16.3 Å². The summed E-state index contributed by atoms with van der Waals surface area (Å²) in [5, 5.41) is 11.4. The Morgan fingerprint density at radius 3 is 2.26 bits per heavy atom. The van der Waals surface area contributed by atoms with Crippen LogP contribution >= 0.6 is 0 Å². The van der Waals surface area contributed by atoms with Crippen molar-refractivity contribution in [3.63, 3.8) is 0 Å². The third kappa shape index (κ3) is 5.27. The number of anilines is 2. The summed E-state index contributed by atoms with van der Waals surface area (Å²) in [6.45, 7) is 2.05. The van der Waals surface area contributed by atoms with Crippen LogP contribution in [0.4, 0.5) is 11.5 Å². The monoisotopic (exact) mass is 436 g/mol. The van der Waals surface area contributed by atoms with E-state index in [2.05, 4.69) is 20.4 Å². The highest BCUT2D eigenvalue weighted by Gasteiger charge is 2.16. The lowest BCUT2D eigenvalue weighted by molar-refractivity contribution is -0.115. The van der Waals surface area contributed by atoms with E-state index in [1.807, 2.05) is 24.3 Å². The van der Waals surface area contributed by atoms with Gasteiger partial charge in [-0.05, 0) is 49.2 Å². The van der Waals surface area contributed by atoms with Crippen LogP contribution in [0.5, 0.6) is 0 Å². The third-order valence-corrected chi connectivity index (χ3v) is 6.98. The summed E-state index contributed by atoms with van der Waals surface area (Å²) in [6.07, 6.45) is 2.27. The van der Waals surface area contributed by atoms with Crippen LogP contribution in [0.3, 0.4) is 0 Å². The molecule has 0 aliphatic carbocycles. The third-order valence-electron chi connectivity index (χ3n) is 5.25. The topological polar surface area (TPSA) is 92.3 Å². The Morgan fingerprint density at radius 2 is 1.61 bits per heavy atom. The van der Waals surface area contributed by atoms with Crippen molar-refractivity contribution in [1.29, 1.82) is 0 Å². The molecule has 31 heavy (non-hydrogen) atoms. The molecule has 4 rings (SSSR count). The number of aromatic nitrogens is 2. The van der Waals surface area contributed by atoms with Gasteiger partial charge in [-0.2, -0.15) is 0 Å². The molecule has 8 heteroatoms. The van der Waals surface area contributed by atoms with Gasteiger partial charge in [0, 0.05) is 30.8 Å². The highest BCUT2D eigenvalue weighted by molar-refractivity contribution is 7.91. The van der Waals surface area contributed by atoms with E-state index in [9.17, 15) is 13.2 Å². The number of nitrogens with zero attached hydrogens (tertiary/aromatic N) is 3. The predicted molar refractivity (Wildman–Crippen MR) is 121 cm³/mol. The molecule has 2 aromatic carbocycles. The van der Waals surface area contributed by atoms with Crippen LogP contribution in [0.15, 0.2) is 71.6 Å². The fourth-order valence-corrected chi connectivity index (χ4v) is 4.78. The van der Waals surface area contributed by atoms with Crippen LogP contribution in [-0.4, -0.2) is 43.4 Å². The van der Waals surface area contributed by atoms with E-state index in [0.717, 1.165) is 30.2 Å². The Kier molecular flexibility index (Phi) is 6.27. The summed E-state index contributed by atoms with van der Waals surface area (Å²) < 4.78 is 24.6. The molecule has 0 unspecified atom stereocenters. The Balaban J connectivity index is 1.33. The van der Waals surface area contributed by atoms with Crippen LogP contribution in [0, 0.1) is 0 Å². The number of carbonyl (C=O) groups is 1. The van der Waals surface area contributed by atoms with Crippen LogP contribution in [0.2, 0.25) is 0 Å². The number of sulfone groups is 1. The number of benzene rings is 2. The largest absolute Gasteiger partial charge is 0.355 e. The van der Waals surface area contributed by atoms with E-state index in [1.165, 1.54) is 25.0 Å². The standard InChI is InChI=1S/C23H24N4O3S/c28-23(14-17-31(29,30)20-6-2-1-3-7-20)24-19-10-8-18(9-11-19)21-12-13-22(26-25-21)27-15-4-5-16-27/h1-3,6-13H,4-5,14-17H2,(H,24,28). The Labute approximate surface area is 182 Å².